The third kappa shape index (κ3) is 3.67. The molecule has 0 radical (unpaired) electrons. The second-order valence-corrected chi connectivity index (χ2v) is 4.71. The summed E-state index contributed by atoms with van der Waals surface area (Å²) < 4.78 is 0. The highest BCUT2D eigenvalue weighted by Gasteiger charge is 2.13. The number of nitrogens with two attached hydrogens (primary N) is 1. The van der Waals surface area contributed by atoms with Gasteiger partial charge in [0, 0.05) is 0 Å². The first kappa shape index (κ1) is 12.3. The molecular weight excluding hydrogens is 182 g/mol. The van der Waals surface area contributed by atoms with Gasteiger partial charge >= 0.3 is 0 Å². The largest absolute Gasteiger partial charge is 0.330 e. The zero-order valence-corrected chi connectivity index (χ0v) is 10.2. The molecule has 1 heteroatoms. The van der Waals surface area contributed by atoms with Crippen molar-refractivity contribution in [1.82, 2.24) is 0 Å². The molecule has 1 nitrogen and oxygen atoms in total. The van der Waals surface area contributed by atoms with Gasteiger partial charge in [0.2, 0.25) is 0 Å². The van der Waals surface area contributed by atoms with Gasteiger partial charge in [-0.3, -0.25) is 0 Å². The minimum Gasteiger partial charge on any atom is -0.330 e. The van der Waals surface area contributed by atoms with E-state index in [4.69, 9.17) is 5.73 Å². The summed E-state index contributed by atoms with van der Waals surface area (Å²) >= 11 is 0. The Morgan fingerprint density at radius 2 is 1.87 bits per heavy atom. The smallest absolute Gasteiger partial charge is 0.00744 e. The zero-order chi connectivity index (χ0) is 11.3. The van der Waals surface area contributed by atoms with Gasteiger partial charge in [-0.25, -0.2) is 0 Å². The van der Waals surface area contributed by atoms with Crippen molar-refractivity contribution in [2.45, 2.75) is 33.6 Å². The molecule has 2 N–H and O–H groups in total. The molecule has 0 saturated carbocycles. The third-order valence-electron chi connectivity index (χ3n) is 3.22. The quantitative estimate of drug-likeness (QED) is 0.785. The fourth-order valence-electron chi connectivity index (χ4n) is 2.01. The van der Waals surface area contributed by atoms with Crippen LogP contribution in [0.15, 0.2) is 24.3 Å². The van der Waals surface area contributed by atoms with Crippen molar-refractivity contribution in [3.05, 3.63) is 35.4 Å². The maximum atomic E-state index is 5.66. The number of hydrogen-bond donors (Lipinski definition) is 1. The van der Waals surface area contributed by atoms with Gasteiger partial charge in [0.25, 0.3) is 0 Å². The van der Waals surface area contributed by atoms with Crippen LogP contribution in [0.2, 0.25) is 0 Å². The van der Waals surface area contributed by atoms with Gasteiger partial charge in [0.15, 0.2) is 0 Å². The summed E-state index contributed by atoms with van der Waals surface area (Å²) in [5, 5.41) is 0. The second-order valence-electron chi connectivity index (χ2n) is 4.71. The van der Waals surface area contributed by atoms with Crippen LogP contribution in [0.25, 0.3) is 0 Å². The molecule has 0 aliphatic heterocycles. The minimum atomic E-state index is 0.716. The highest BCUT2D eigenvalue weighted by atomic mass is 14.5. The molecule has 0 aliphatic carbocycles. The maximum absolute atomic E-state index is 5.66. The van der Waals surface area contributed by atoms with E-state index in [1.54, 1.807) is 0 Å². The normalized spacial score (nSPS) is 13.1. The van der Waals surface area contributed by atoms with Crippen LogP contribution in [-0.4, -0.2) is 6.54 Å². The molecule has 0 aromatic heterocycles. The Bertz CT molecular complexity index is 291. The summed E-state index contributed by atoms with van der Waals surface area (Å²) in [6.45, 7) is 7.57. The molecule has 0 heterocycles. The van der Waals surface area contributed by atoms with Crippen LogP contribution in [0, 0.1) is 18.8 Å². The van der Waals surface area contributed by atoms with E-state index in [0.29, 0.717) is 5.92 Å². The highest BCUT2D eigenvalue weighted by Crippen LogP contribution is 2.21. The molecule has 1 rings (SSSR count). The van der Waals surface area contributed by atoms with Gasteiger partial charge in [-0.2, -0.15) is 0 Å². The Morgan fingerprint density at radius 3 is 2.40 bits per heavy atom. The fraction of sp³-hybridized carbons (Fsp3) is 0.571. The topological polar surface area (TPSA) is 26.0 Å². The first-order chi connectivity index (χ1) is 7.15. The van der Waals surface area contributed by atoms with E-state index >= 15 is 0 Å². The van der Waals surface area contributed by atoms with Crippen molar-refractivity contribution in [2.75, 3.05) is 6.54 Å². The monoisotopic (exact) mass is 205 g/mol. The minimum absolute atomic E-state index is 0.716. The Labute approximate surface area is 93.7 Å². The van der Waals surface area contributed by atoms with E-state index in [-0.39, 0.29) is 0 Å². The maximum Gasteiger partial charge on any atom is -0.00744 e. The molecule has 0 bridgehead atoms. The summed E-state index contributed by atoms with van der Waals surface area (Å²) in [4.78, 5) is 0. The molecule has 0 saturated heterocycles. The van der Waals surface area contributed by atoms with Gasteiger partial charge in [-0.1, -0.05) is 38.1 Å². The average Bonchev–Trinajstić information content (AvgIpc) is 2.20. The van der Waals surface area contributed by atoms with Gasteiger partial charge in [0.1, 0.15) is 0 Å². The van der Waals surface area contributed by atoms with E-state index in [1.165, 1.54) is 17.5 Å². The van der Waals surface area contributed by atoms with Crippen LogP contribution >= 0.6 is 0 Å². The Hall–Kier alpha value is -0.820. The van der Waals surface area contributed by atoms with Crippen molar-refractivity contribution in [3.8, 4) is 0 Å². The lowest BCUT2D eigenvalue weighted by atomic mass is 9.85. The van der Waals surface area contributed by atoms with Crippen LogP contribution in [0.1, 0.15) is 31.4 Å². The summed E-state index contributed by atoms with van der Waals surface area (Å²) in [6.07, 6.45) is 2.30. The molecule has 84 valence electrons. The molecule has 1 aromatic carbocycles. The van der Waals surface area contributed by atoms with Crippen molar-refractivity contribution >= 4 is 0 Å². The van der Waals surface area contributed by atoms with Crippen molar-refractivity contribution in [2.24, 2.45) is 17.6 Å². The van der Waals surface area contributed by atoms with Crippen molar-refractivity contribution in [1.29, 1.82) is 0 Å². The number of aryl methyl sites for hydroxylation is 1. The number of rotatable bonds is 5. The molecule has 15 heavy (non-hydrogen) atoms. The van der Waals surface area contributed by atoms with Gasteiger partial charge in [-0.05, 0) is 49.3 Å². The Balaban J connectivity index is 2.69. The number of hydrogen-bond acceptors (Lipinski definition) is 1. The predicted octanol–water partition coefficient (Wildman–Crippen LogP) is 3.16. The molecule has 1 unspecified atom stereocenters. The summed E-state index contributed by atoms with van der Waals surface area (Å²) in [6, 6.07) is 8.66. The van der Waals surface area contributed by atoms with E-state index in [9.17, 15) is 0 Å². The fourth-order valence-corrected chi connectivity index (χ4v) is 2.01. The van der Waals surface area contributed by atoms with Crippen molar-refractivity contribution < 1.29 is 0 Å². The SMILES string of the molecule is Cc1ccccc1CC(CCN)C(C)C. The Kier molecular flexibility index (Phi) is 4.83. The van der Waals surface area contributed by atoms with Crippen LogP contribution in [-0.2, 0) is 6.42 Å². The number of benzene rings is 1. The lowest BCUT2D eigenvalue weighted by Crippen LogP contribution is -2.17. The van der Waals surface area contributed by atoms with E-state index in [0.717, 1.165) is 18.9 Å². The molecule has 0 fully saturated rings. The molecule has 0 aliphatic rings. The van der Waals surface area contributed by atoms with Gasteiger partial charge in [0.05, 0.1) is 0 Å². The highest BCUT2D eigenvalue weighted by molar-refractivity contribution is 5.25. The molecule has 1 atom stereocenters. The molecule has 0 amide bonds. The first-order valence-corrected chi connectivity index (χ1v) is 5.89. The van der Waals surface area contributed by atoms with E-state index < -0.39 is 0 Å². The summed E-state index contributed by atoms with van der Waals surface area (Å²) in [7, 11) is 0. The van der Waals surface area contributed by atoms with Gasteiger partial charge < -0.3 is 5.73 Å². The lowest BCUT2D eigenvalue weighted by Gasteiger charge is -2.21. The third-order valence-corrected chi connectivity index (χ3v) is 3.22. The van der Waals surface area contributed by atoms with E-state index in [1.807, 2.05) is 0 Å². The molecular formula is C14H23N. The summed E-state index contributed by atoms with van der Waals surface area (Å²) in [5.41, 5.74) is 8.54. The first-order valence-electron chi connectivity index (χ1n) is 5.89. The van der Waals surface area contributed by atoms with Crippen LogP contribution in [0.4, 0.5) is 0 Å². The lowest BCUT2D eigenvalue weighted by molar-refractivity contribution is 0.362. The zero-order valence-electron chi connectivity index (χ0n) is 10.2. The van der Waals surface area contributed by atoms with Crippen LogP contribution < -0.4 is 5.73 Å². The molecule has 1 aromatic rings. The Morgan fingerprint density at radius 1 is 1.20 bits per heavy atom. The summed E-state index contributed by atoms with van der Waals surface area (Å²) in [5.74, 6) is 1.43. The second kappa shape index (κ2) is 5.92. The van der Waals surface area contributed by atoms with Crippen LogP contribution in [0.3, 0.4) is 0 Å². The predicted molar refractivity (Wildman–Crippen MR) is 66.9 cm³/mol. The van der Waals surface area contributed by atoms with Gasteiger partial charge in [-0.15, -0.1) is 0 Å². The van der Waals surface area contributed by atoms with E-state index in [2.05, 4.69) is 45.0 Å². The van der Waals surface area contributed by atoms with Crippen LogP contribution in [0.5, 0.6) is 0 Å². The van der Waals surface area contributed by atoms with Crippen molar-refractivity contribution in [3.63, 3.8) is 0 Å². The standard InChI is InChI=1S/C14H23N/c1-11(2)13(8-9-15)10-14-7-5-4-6-12(14)3/h4-7,11,13H,8-10,15H2,1-3H3. The average molecular weight is 205 g/mol. The molecule has 0 spiro atoms.